The van der Waals surface area contributed by atoms with Crippen LogP contribution in [-0.4, -0.2) is 38.1 Å². The van der Waals surface area contributed by atoms with E-state index in [2.05, 4.69) is 25.7 Å². The van der Waals surface area contributed by atoms with E-state index in [1.165, 1.54) is 10.8 Å². The molecule has 0 aromatic carbocycles. The Labute approximate surface area is 108 Å². The van der Waals surface area contributed by atoms with Gasteiger partial charge in [0.15, 0.2) is 0 Å². The van der Waals surface area contributed by atoms with Crippen LogP contribution < -0.4 is 10.6 Å². The van der Waals surface area contributed by atoms with Gasteiger partial charge in [0.25, 0.3) is 5.78 Å². The summed E-state index contributed by atoms with van der Waals surface area (Å²) in [6.45, 7) is 0.172. The molecule has 94 valence electrons. The average Bonchev–Trinajstić information content (AvgIpc) is 3.01. The number of halogens is 1. The number of carbonyl (C=O) groups excluding carboxylic acids is 1. The van der Waals surface area contributed by atoms with Gasteiger partial charge < -0.3 is 10.6 Å². The molecule has 1 saturated carbocycles. The topological polar surface area (TPSA) is 84.2 Å². The summed E-state index contributed by atoms with van der Waals surface area (Å²) in [5, 5.41) is 10.2. The van der Waals surface area contributed by atoms with Gasteiger partial charge in [0.1, 0.15) is 17.3 Å². The number of nitrogens with one attached hydrogen (secondary N) is 2. The molecule has 0 unspecified atom stereocenters. The summed E-state index contributed by atoms with van der Waals surface area (Å²) in [4.78, 5) is 19.5. The second kappa shape index (κ2) is 4.41. The van der Waals surface area contributed by atoms with Gasteiger partial charge in [-0.15, -0.1) is 0 Å². The highest BCUT2D eigenvalue weighted by Gasteiger charge is 2.23. The summed E-state index contributed by atoms with van der Waals surface area (Å²) in [6.07, 6.45) is 3.52. The quantitative estimate of drug-likeness (QED) is 0.786. The maximum Gasteiger partial charge on any atom is 0.255 e. The smallest absolute Gasteiger partial charge is 0.255 e. The molecule has 1 aliphatic carbocycles. The second-order valence-corrected chi connectivity index (χ2v) is 4.52. The lowest BCUT2D eigenvalue weighted by Gasteiger charge is -2.08. The number of carbonyl (C=O) groups is 1. The van der Waals surface area contributed by atoms with Crippen LogP contribution in [0.4, 0.5) is 5.82 Å². The maximum absolute atomic E-state index is 11.6. The Balaban J connectivity index is 1.72. The van der Waals surface area contributed by atoms with E-state index in [-0.39, 0.29) is 12.5 Å². The molecule has 1 fully saturated rings. The Kier molecular flexibility index (Phi) is 2.75. The molecule has 18 heavy (non-hydrogen) atoms. The summed E-state index contributed by atoms with van der Waals surface area (Å²) < 4.78 is 1.50. The SMILES string of the molecule is O=C(CNc1cc(Cl)nc2ncnn12)NC1CC1. The minimum atomic E-state index is -0.0429. The molecule has 1 aliphatic rings. The third-order valence-corrected chi connectivity index (χ3v) is 2.79. The number of amides is 1. The summed E-state index contributed by atoms with van der Waals surface area (Å²) in [5.41, 5.74) is 0. The minimum Gasteiger partial charge on any atom is -0.361 e. The van der Waals surface area contributed by atoms with E-state index in [9.17, 15) is 4.79 Å². The van der Waals surface area contributed by atoms with Gasteiger partial charge in [0.2, 0.25) is 5.91 Å². The van der Waals surface area contributed by atoms with Crippen LogP contribution in [-0.2, 0) is 4.79 Å². The van der Waals surface area contributed by atoms with Crippen LogP contribution in [0, 0.1) is 0 Å². The van der Waals surface area contributed by atoms with Crippen LogP contribution in [0.1, 0.15) is 12.8 Å². The zero-order valence-electron chi connectivity index (χ0n) is 9.43. The molecule has 0 saturated heterocycles. The first-order valence-electron chi connectivity index (χ1n) is 5.62. The van der Waals surface area contributed by atoms with Crippen LogP contribution in [0.5, 0.6) is 0 Å². The van der Waals surface area contributed by atoms with E-state index >= 15 is 0 Å². The molecule has 0 spiro atoms. The van der Waals surface area contributed by atoms with E-state index in [4.69, 9.17) is 11.6 Å². The van der Waals surface area contributed by atoms with Crippen molar-refractivity contribution in [2.75, 3.05) is 11.9 Å². The van der Waals surface area contributed by atoms with E-state index in [1.807, 2.05) is 0 Å². The van der Waals surface area contributed by atoms with Gasteiger partial charge in [-0.3, -0.25) is 4.79 Å². The lowest BCUT2D eigenvalue weighted by atomic mass is 10.5. The van der Waals surface area contributed by atoms with Crippen molar-refractivity contribution in [3.8, 4) is 0 Å². The van der Waals surface area contributed by atoms with Gasteiger partial charge >= 0.3 is 0 Å². The van der Waals surface area contributed by atoms with Crippen molar-refractivity contribution >= 4 is 29.1 Å². The first-order valence-corrected chi connectivity index (χ1v) is 6.00. The summed E-state index contributed by atoms with van der Waals surface area (Å²) >= 11 is 5.86. The molecule has 3 rings (SSSR count). The van der Waals surface area contributed by atoms with Crippen LogP contribution in [0.15, 0.2) is 12.4 Å². The third-order valence-electron chi connectivity index (χ3n) is 2.59. The molecule has 8 heteroatoms. The van der Waals surface area contributed by atoms with Crippen LogP contribution in [0.2, 0.25) is 5.15 Å². The largest absolute Gasteiger partial charge is 0.361 e. The zero-order chi connectivity index (χ0) is 12.5. The van der Waals surface area contributed by atoms with E-state index in [1.54, 1.807) is 6.07 Å². The normalized spacial score (nSPS) is 14.7. The highest BCUT2D eigenvalue weighted by atomic mass is 35.5. The number of hydrogen-bond acceptors (Lipinski definition) is 5. The Morgan fingerprint density at radius 2 is 2.39 bits per heavy atom. The average molecular weight is 267 g/mol. The fourth-order valence-electron chi connectivity index (χ4n) is 1.59. The second-order valence-electron chi connectivity index (χ2n) is 4.13. The van der Waals surface area contributed by atoms with Crippen molar-refractivity contribution in [3.63, 3.8) is 0 Å². The van der Waals surface area contributed by atoms with Gasteiger partial charge in [0, 0.05) is 12.1 Å². The molecule has 2 aromatic rings. The van der Waals surface area contributed by atoms with Crippen LogP contribution in [0.25, 0.3) is 5.78 Å². The highest BCUT2D eigenvalue weighted by molar-refractivity contribution is 6.29. The fourth-order valence-corrected chi connectivity index (χ4v) is 1.77. The number of hydrogen-bond donors (Lipinski definition) is 2. The van der Waals surface area contributed by atoms with E-state index in [0.29, 0.717) is 22.8 Å². The lowest BCUT2D eigenvalue weighted by molar-refractivity contribution is -0.119. The number of nitrogens with zero attached hydrogens (tertiary/aromatic N) is 4. The van der Waals surface area contributed by atoms with Crippen molar-refractivity contribution in [3.05, 3.63) is 17.5 Å². The zero-order valence-corrected chi connectivity index (χ0v) is 10.2. The molecular weight excluding hydrogens is 256 g/mol. The number of aromatic nitrogens is 4. The molecule has 0 atom stereocenters. The van der Waals surface area contributed by atoms with Gasteiger partial charge in [0.05, 0.1) is 6.54 Å². The van der Waals surface area contributed by atoms with Crippen molar-refractivity contribution < 1.29 is 4.79 Å². The van der Waals surface area contributed by atoms with Gasteiger partial charge in [-0.25, -0.2) is 0 Å². The molecule has 1 amide bonds. The molecule has 0 bridgehead atoms. The lowest BCUT2D eigenvalue weighted by Crippen LogP contribution is -2.31. The van der Waals surface area contributed by atoms with Gasteiger partial charge in [-0.1, -0.05) is 11.6 Å². The molecule has 0 aliphatic heterocycles. The van der Waals surface area contributed by atoms with Crippen molar-refractivity contribution in [1.82, 2.24) is 24.9 Å². The van der Waals surface area contributed by atoms with Crippen LogP contribution in [0.3, 0.4) is 0 Å². The summed E-state index contributed by atoms with van der Waals surface area (Å²) in [7, 11) is 0. The predicted molar refractivity (Wildman–Crippen MR) is 65.4 cm³/mol. The van der Waals surface area contributed by atoms with E-state index in [0.717, 1.165) is 12.8 Å². The Hall–Kier alpha value is -1.89. The monoisotopic (exact) mass is 266 g/mol. The molecule has 7 nitrogen and oxygen atoms in total. The molecular formula is C10H11ClN6O. The molecule has 2 N–H and O–H groups in total. The first kappa shape index (κ1) is 11.2. The number of anilines is 1. The molecule has 2 heterocycles. The van der Waals surface area contributed by atoms with Gasteiger partial charge in [-0.05, 0) is 12.8 Å². The summed E-state index contributed by atoms with van der Waals surface area (Å²) in [5.74, 6) is 0.944. The minimum absolute atomic E-state index is 0.0429. The predicted octanol–water partition coefficient (Wildman–Crippen LogP) is 0.468. The number of rotatable bonds is 4. The summed E-state index contributed by atoms with van der Waals surface area (Å²) in [6, 6.07) is 1.96. The standard InChI is InChI=1S/C10H11ClN6O/c11-7-3-8(17-10(16-7)13-5-14-17)12-4-9(18)15-6-1-2-6/h3,5-6,12H,1-2,4H2,(H,15,18). The molecule has 0 radical (unpaired) electrons. The van der Waals surface area contributed by atoms with E-state index < -0.39 is 0 Å². The third kappa shape index (κ3) is 2.35. The maximum atomic E-state index is 11.6. The first-order chi connectivity index (χ1) is 8.72. The Morgan fingerprint density at radius 3 is 3.17 bits per heavy atom. The van der Waals surface area contributed by atoms with Crippen molar-refractivity contribution in [2.24, 2.45) is 0 Å². The Morgan fingerprint density at radius 1 is 1.56 bits per heavy atom. The number of fused-ring (bicyclic) bond motifs is 1. The highest BCUT2D eigenvalue weighted by Crippen LogP contribution is 2.18. The fraction of sp³-hybridized carbons (Fsp3) is 0.400. The van der Waals surface area contributed by atoms with Gasteiger partial charge in [-0.2, -0.15) is 19.6 Å². The van der Waals surface area contributed by atoms with Crippen LogP contribution >= 0.6 is 11.6 Å². The van der Waals surface area contributed by atoms with Crippen molar-refractivity contribution in [2.45, 2.75) is 18.9 Å². The Bertz CT molecular complexity index is 593. The molecule has 2 aromatic heterocycles. The van der Waals surface area contributed by atoms with Crippen molar-refractivity contribution in [1.29, 1.82) is 0 Å².